The van der Waals surface area contributed by atoms with Crippen molar-refractivity contribution in [3.63, 3.8) is 0 Å². The second-order valence-corrected chi connectivity index (χ2v) is 8.00. The highest BCUT2D eigenvalue weighted by Gasteiger charge is 2.29. The van der Waals surface area contributed by atoms with Gasteiger partial charge in [0.15, 0.2) is 0 Å². The molecule has 1 aliphatic carbocycles. The molecule has 0 radical (unpaired) electrons. The molecule has 1 aromatic carbocycles. The summed E-state index contributed by atoms with van der Waals surface area (Å²) in [6.07, 6.45) is 6.60. The first-order valence-electron chi connectivity index (χ1n) is 9.39. The normalized spacial score (nSPS) is 15.7. The van der Waals surface area contributed by atoms with E-state index in [0.717, 1.165) is 36.1 Å². The number of carbonyl (C=O) groups excluding carboxylic acids is 2. The van der Waals surface area contributed by atoms with Gasteiger partial charge in [0.2, 0.25) is 5.91 Å². The van der Waals surface area contributed by atoms with Gasteiger partial charge in [-0.1, -0.05) is 25.5 Å². The number of thiophene rings is 1. The third kappa shape index (κ3) is 4.71. The van der Waals surface area contributed by atoms with E-state index in [1.807, 2.05) is 0 Å². The van der Waals surface area contributed by atoms with Gasteiger partial charge in [-0.15, -0.1) is 11.3 Å². The zero-order valence-electron chi connectivity index (χ0n) is 16.3. The number of hydrogen-bond donors (Lipinski definition) is 1. The number of carbonyl (C=O) groups is 2. The van der Waals surface area contributed by atoms with E-state index in [4.69, 9.17) is 4.74 Å². The number of hydrogen-bond acceptors (Lipinski definition) is 6. The minimum atomic E-state index is -0.486. The van der Waals surface area contributed by atoms with Crippen molar-refractivity contribution in [2.45, 2.75) is 32.6 Å². The maximum absolute atomic E-state index is 12.4. The molecule has 8 heteroatoms. The van der Waals surface area contributed by atoms with E-state index in [9.17, 15) is 19.7 Å². The topological polar surface area (TPSA) is 98.5 Å². The molecular weight excluding hydrogens is 392 g/mol. The zero-order valence-corrected chi connectivity index (χ0v) is 17.1. The van der Waals surface area contributed by atoms with Crippen molar-refractivity contribution in [1.82, 2.24) is 0 Å². The highest BCUT2D eigenvalue weighted by molar-refractivity contribution is 7.17. The number of amides is 1. The summed E-state index contributed by atoms with van der Waals surface area (Å²) in [7, 11) is 1.33. The van der Waals surface area contributed by atoms with Gasteiger partial charge in [0.05, 0.1) is 17.6 Å². The van der Waals surface area contributed by atoms with Gasteiger partial charge in [-0.05, 0) is 42.4 Å². The Kier molecular flexibility index (Phi) is 6.43. The summed E-state index contributed by atoms with van der Waals surface area (Å²) in [6.45, 7) is 2.16. The Balaban J connectivity index is 1.81. The number of nitro groups is 1. The smallest absolute Gasteiger partial charge is 0.341 e. The van der Waals surface area contributed by atoms with Crippen molar-refractivity contribution in [3.8, 4) is 0 Å². The van der Waals surface area contributed by atoms with E-state index < -0.39 is 16.8 Å². The second kappa shape index (κ2) is 9.00. The number of non-ortho nitro benzene ring substituents is 1. The average molecular weight is 414 g/mol. The molecule has 1 amide bonds. The van der Waals surface area contributed by atoms with Crippen LogP contribution in [0.1, 0.15) is 46.1 Å². The maximum Gasteiger partial charge on any atom is 0.341 e. The van der Waals surface area contributed by atoms with E-state index in [2.05, 4.69) is 12.2 Å². The number of nitro benzene ring substituents is 1. The highest BCUT2D eigenvalue weighted by Crippen LogP contribution is 2.40. The van der Waals surface area contributed by atoms with Gasteiger partial charge in [0.1, 0.15) is 5.00 Å². The predicted octanol–water partition coefficient (Wildman–Crippen LogP) is 4.61. The number of ether oxygens (including phenoxy) is 1. The molecule has 1 heterocycles. The Hall–Kier alpha value is -3.00. The number of fused-ring (bicyclic) bond motifs is 1. The number of rotatable bonds is 6. The Labute approximate surface area is 172 Å². The van der Waals surface area contributed by atoms with Crippen LogP contribution in [-0.2, 0) is 22.4 Å². The molecule has 1 unspecified atom stereocenters. The summed E-state index contributed by atoms with van der Waals surface area (Å²) in [4.78, 5) is 36.3. The van der Waals surface area contributed by atoms with Gasteiger partial charge in [-0.2, -0.15) is 0 Å². The van der Waals surface area contributed by atoms with Gasteiger partial charge in [-0.25, -0.2) is 4.79 Å². The molecule has 0 fully saturated rings. The average Bonchev–Trinajstić information content (AvgIpc) is 3.08. The first-order valence-corrected chi connectivity index (χ1v) is 10.2. The van der Waals surface area contributed by atoms with Crippen LogP contribution < -0.4 is 5.32 Å². The number of nitrogens with zero attached hydrogens (tertiary/aromatic N) is 1. The van der Waals surface area contributed by atoms with Crippen LogP contribution in [0.25, 0.3) is 6.08 Å². The third-order valence-corrected chi connectivity index (χ3v) is 6.25. The van der Waals surface area contributed by atoms with E-state index >= 15 is 0 Å². The number of benzene rings is 1. The van der Waals surface area contributed by atoms with Crippen LogP contribution >= 0.6 is 11.3 Å². The van der Waals surface area contributed by atoms with Gasteiger partial charge in [-0.3, -0.25) is 14.9 Å². The molecule has 152 valence electrons. The second-order valence-electron chi connectivity index (χ2n) is 6.89. The van der Waals surface area contributed by atoms with E-state index in [-0.39, 0.29) is 5.69 Å². The van der Waals surface area contributed by atoms with Crippen molar-refractivity contribution in [2.24, 2.45) is 5.92 Å². The fourth-order valence-corrected chi connectivity index (χ4v) is 4.83. The SMILES string of the molecule is CCC1CCc2c(sc(NC(=O)/C=C/c3cccc([N+](=O)[O-])c3)c2C(=O)OC)C1. The van der Waals surface area contributed by atoms with Crippen LogP contribution in [0, 0.1) is 16.0 Å². The van der Waals surface area contributed by atoms with Crippen molar-refractivity contribution in [2.75, 3.05) is 12.4 Å². The van der Waals surface area contributed by atoms with Crippen LogP contribution in [0.2, 0.25) is 0 Å². The van der Waals surface area contributed by atoms with Gasteiger partial charge in [0.25, 0.3) is 5.69 Å². The van der Waals surface area contributed by atoms with Crippen molar-refractivity contribution in [3.05, 3.63) is 62.0 Å². The van der Waals surface area contributed by atoms with Gasteiger partial charge < -0.3 is 10.1 Å². The van der Waals surface area contributed by atoms with E-state index in [0.29, 0.717) is 22.0 Å². The lowest BCUT2D eigenvalue weighted by Gasteiger charge is -2.20. The Morgan fingerprint density at radius 3 is 2.90 bits per heavy atom. The van der Waals surface area contributed by atoms with Crippen LogP contribution in [-0.4, -0.2) is 23.9 Å². The number of nitrogens with one attached hydrogen (secondary N) is 1. The predicted molar refractivity (Wildman–Crippen MR) is 112 cm³/mol. The van der Waals surface area contributed by atoms with Gasteiger partial charge in [0, 0.05) is 23.1 Å². The van der Waals surface area contributed by atoms with Crippen molar-refractivity contribution in [1.29, 1.82) is 0 Å². The first-order chi connectivity index (χ1) is 13.9. The molecule has 0 aliphatic heterocycles. The minimum absolute atomic E-state index is 0.0445. The first kappa shape index (κ1) is 20.7. The highest BCUT2D eigenvalue weighted by atomic mass is 32.1. The van der Waals surface area contributed by atoms with E-state index in [1.54, 1.807) is 12.1 Å². The van der Waals surface area contributed by atoms with Crippen LogP contribution in [0.5, 0.6) is 0 Å². The molecule has 1 aromatic heterocycles. The van der Waals surface area contributed by atoms with Crippen molar-refractivity contribution < 1.29 is 19.2 Å². The number of methoxy groups -OCH3 is 1. The largest absolute Gasteiger partial charge is 0.465 e. The Morgan fingerprint density at radius 2 is 2.21 bits per heavy atom. The molecule has 0 bridgehead atoms. The van der Waals surface area contributed by atoms with Crippen LogP contribution in [0.4, 0.5) is 10.7 Å². The molecule has 1 aliphatic rings. The number of esters is 1. The lowest BCUT2D eigenvalue weighted by molar-refractivity contribution is -0.384. The molecule has 1 atom stereocenters. The molecule has 2 aromatic rings. The molecule has 3 rings (SSSR count). The fraction of sp³-hybridized carbons (Fsp3) is 0.333. The Bertz CT molecular complexity index is 979. The monoisotopic (exact) mass is 414 g/mol. The maximum atomic E-state index is 12.4. The lowest BCUT2D eigenvalue weighted by atomic mass is 9.86. The molecule has 1 N–H and O–H groups in total. The van der Waals surface area contributed by atoms with Crippen LogP contribution in [0.3, 0.4) is 0 Å². The van der Waals surface area contributed by atoms with Gasteiger partial charge >= 0.3 is 5.97 Å². The summed E-state index contributed by atoms with van der Waals surface area (Å²) in [5.41, 5.74) is 1.92. The molecular formula is C21H22N2O5S. The van der Waals surface area contributed by atoms with Crippen molar-refractivity contribution >= 4 is 40.0 Å². The number of anilines is 1. The van der Waals surface area contributed by atoms with Crippen LogP contribution in [0.15, 0.2) is 30.3 Å². The molecule has 7 nitrogen and oxygen atoms in total. The quantitative estimate of drug-likeness (QED) is 0.322. The minimum Gasteiger partial charge on any atom is -0.465 e. The van der Waals surface area contributed by atoms with E-state index in [1.165, 1.54) is 42.7 Å². The fourth-order valence-electron chi connectivity index (χ4n) is 3.48. The summed E-state index contributed by atoms with van der Waals surface area (Å²) >= 11 is 1.43. The molecule has 29 heavy (non-hydrogen) atoms. The molecule has 0 saturated carbocycles. The molecule has 0 spiro atoms. The zero-order chi connectivity index (χ0) is 21.0. The lowest BCUT2D eigenvalue weighted by Crippen LogP contribution is -2.15. The summed E-state index contributed by atoms with van der Waals surface area (Å²) in [5, 5.41) is 14.1. The third-order valence-electron chi connectivity index (χ3n) is 5.08. The summed E-state index contributed by atoms with van der Waals surface area (Å²) in [5.74, 6) is -0.272. The summed E-state index contributed by atoms with van der Waals surface area (Å²) < 4.78 is 4.94. The Morgan fingerprint density at radius 1 is 1.41 bits per heavy atom. The summed E-state index contributed by atoms with van der Waals surface area (Å²) in [6, 6.07) is 6.01. The molecule has 0 saturated heterocycles. The standard InChI is InChI=1S/C21H22N2O5S/c1-3-13-7-9-16-17(12-13)29-20(19(16)21(25)28-2)22-18(24)10-8-14-5-4-6-15(11-14)23(26)27/h4-6,8,10-11,13H,3,7,9,12H2,1-2H3,(H,22,24)/b10-8+.